The van der Waals surface area contributed by atoms with Gasteiger partial charge in [-0.25, -0.2) is 4.79 Å². The molecule has 2 N–H and O–H groups in total. The number of benzene rings is 1. The van der Waals surface area contributed by atoms with Crippen molar-refractivity contribution in [3.63, 3.8) is 0 Å². The predicted molar refractivity (Wildman–Crippen MR) is 58.6 cm³/mol. The zero-order chi connectivity index (χ0) is 11.0. The van der Waals surface area contributed by atoms with Gasteiger partial charge in [-0.05, 0) is 25.1 Å². The largest absolute Gasteiger partial charge is 0.323 e. The number of aromatic amines is 2. The molecular weight excluding hydrogens is 216 g/mol. The monoisotopic (exact) mass is 224 g/mol. The van der Waals surface area contributed by atoms with E-state index in [4.69, 9.17) is 11.6 Å². The number of Topliss-reactive ketones (excluding diaryl/α,β-unsaturated/α-hetero) is 1. The molecule has 0 saturated carbocycles. The van der Waals surface area contributed by atoms with E-state index in [1.807, 2.05) is 0 Å². The summed E-state index contributed by atoms with van der Waals surface area (Å²) in [5.74, 6) is -0.152. The Morgan fingerprint density at radius 2 is 2.00 bits per heavy atom. The van der Waals surface area contributed by atoms with Crippen LogP contribution in [0, 0.1) is 0 Å². The van der Waals surface area contributed by atoms with Gasteiger partial charge in [0.05, 0.1) is 16.4 Å². The SMILES string of the molecule is C[C@@H](Cl)C(=O)c1ccc2[nH]c(=O)[nH]c2c1. The molecule has 2 rings (SSSR count). The molecule has 5 heteroatoms. The predicted octanol–water partition coefficient (Wildman–Crippen LogP) is 1.67. The fourth-order valence-corrected chi connectivity index (χ4v) is 1.54. The average Bonchev–Trinajstić information content (AvgIpc) is 2.55. The zero-order valence-electron chi connectivity index (χ0n) is 8.00. The molecule has 2 aromatic rings. The van der Waals surface area contributed by atoms with Gasteiger partial charge in [0, 0.05) is 5.56 Å². The summed E-state index contributed by atoms with van der Waals surface area (Å²) in [5.41, 5.74) is 1.51. The Labute approximate surface area is 90.3 Å². The lowest BCUT2D eigenvalue weighted by Gasteiger charge is -2.01. The van der Waals surface area contributed by atoms with Crippen LogP contribution in [0.3, 0.4) is 0 Å². The van der Waals surface area contributed by atoms with E-state index >= 15 is 0 Å². The number of rotatable bonds is 2. The molecule has 0 bridgehead atoms. The second-order valence-corrected chi connectivity index (χ2v) is 3.97. The van der Waals surface area contributed by atoms with Gasteiger partial charge in [-0.3, -0.25) is 4.79 Å². The molecule has 4 nitrogen and oxygen atoms in total. The van der Waals surface area contributed by atoms with Gasteiger partial charge in [-0.2, -0.15) is 0 Å². The highest BCUT2D eigenvalue weighted by molar-refractivity contribution is 6.33. The molecule has 0 aliphatic carbocycles. The smallest absolute Gasteiger partial charge is 0.306 e. The van der Waals surface area contributed by atoms with Crippen LogP contribution in [0.5, 0.6) is 0 Å². The van der Waals surface area contributed by atoms with Crippen molar-refractivity contribution in [2.75, 3.05) is 0 Å². The van der Waals surface area contributed by atoms with Gasteiger partial charge < -0.3 is 9.97 Å². The Hall–Kier alpha value is -1.55. The third-order valence-corrected chi connectivity index (χ3v) is 2.36. The normalized spacial score (nSPS) is 12.9. The van der Waals surface area contributed by atoms with Crippen LogP contribution in [-0.2, 0) is 0 Å². The van der Waals surface area contributed by atoms with Crippen LogP contribution in [0.4, 0.5) is 0 Å². The lowest BCUT2D eigenvalue weighted by molar-refractivity contribution is 0.0992. The Morgan fingerprint density at radius 3 is 2.67 bits per heavy atom. The summed E-state index contributed by atoms with van der Waals surface area (Å²) >= 11 is 5.69. The molecule has 0 radical (unpaired) electrons. The van der Waals surface area contributed by atoms with Crippen LogP contribution < -0.4 is 5.69 Å². The molecule has 0 amide bonds. The van der Waals surface area contributed by atoms with Crippen molar-refractivity contribution in [2.45, 2.75) is 12.3 Å². The fourth-order valence-electron chi connectivity index (χ4n) is 1.42. The van der Waals surface area contributed by atoms with Crippen LogP contribution in [0.1, 0.15) is 17.3 Å². The van der Waals surface area contributed by atoms with E-state index < -0.39 is 5.38 Å². The Bertz CT molecular complexity index is 568. The molecule has 0 spiro atoms. The van der Waals surface area contributed by atoms with Crippen molar-refractivity contribution in [3.8, 4) is 0 Å². The molecule has 0 saturated heterocycles. The van der Waals surface area contributed by atoms with Crippen LogP contribution in [0.25, 0.3) is 11.0 Å². The first kappa shape index (κ1) is 9.98. The van der Waals surface area contributed by atoms with Crippen molar-refractivity contribution in [3.05, 3.63) is 34.2 Å². The third-order valence-electron chi connectivity index (χ3n) is 2.16. The number of hydrogen-bond donors (Lipinski definition) is 2. The second kappa shape index (κ2) is 3.55. The quantitative estimate of drug-likeness (QED) is 0.602. The van der Waals surface area contributed by atoms with Gasteiger partial charge in [0.1, 0.15) is 0 Å². The van der Waals surface area contributed by atoms with Crippen LogP contribution in [-0.4, -0.2) is 21.1 Å². The maximum atomic E-state index is 11.6. The van der Waals surface area contributed by atoms with E-state index in [0.717, 1.165) is 0 Å². The molecule has 0 unspecified atom stereocenters. The van der Waals surface area contributed by atoms with Gasteiger partial charge in [-0.15, -0.1) is 11.6 Å². The van der Waals surface area contributed by atoms with E-state index in [1.54, 1.807) is 25.1 Å². The van der Waals surface area contributed by atoms with Crippen molar-refractivity contribution in [2.24, 2.45) is 0 Å². The highest BCUT2D eigenvalue weighted by atomic mass is 35.5. The zero-order valence-corrected chi connectivity index (χ0v) is 8.76. The number of ketones is 1. The van der Waals surface area contributed by atoms with Crippen molar-refractivity contribution < 1.29 is 4.79 Å². The molecule has 1 atom stereocenters. The van der Waals surface area contributed by atoms with Gasteiger partial charge in [-0.1, -0.05) is 0 Å². The van der Waals surface area contributed by atoms with Gasteiger partial charge in [0.15, 0.2) is 5.78 Å². The summed E-state index contributed by atoms with van der Waals surface area (Å²) in [6.45, 7) is 1.62. The molecule has 0 fully saturated rings. The molecule has 0 aliphatic heterocycles. The van der Waals surface area contributed by atoms with Gasteiger partial charge in [0.25, 0.3) is 0 Å². The minimum absolute atomic E-state index is 0.152. The Balaban J connectivity index is 2.55. The summed E-state index contributed by atoms with van der Waals surface area (Å²) in [6, 6.07) is 4.95. The first-order valence-electron chi connectivity index (χ1n) is 4.48. The van der Waals surface area contributed by atoms with E-state index in [0.29, 0.717) is 16.6 Å². The van der Waals surface area contributed by atoms with E-state index in [9.17, 15) is 9.59 Å². The van der Waals surface area contributed by atoms with Crippen LogP contribution in [0.15, 0.2) is 23.0 Å². The number of H-pyrrole nitrogens is 2. The number of aromatic nitrogens is 2. The van der Waals surface area contributed by atoms with Gasteiger partial charge in [0.2, 0.25) is 0 Å². The molecule has 1 heterocycles. The highest BCUT2D eigenvalue weighted by Gasteiger charge is 2.12. The number of carbonyl (C=O) groups excluding carboxylic acids is 1. The summed E-state index contributed by atoms with van der Waals surface area (Å²) in [4.78, 5) is 27.7. The molecule has 15 heavy (non-hydrogen) atoms. The Kier molecular flexibility index (Phi) is 2.36. The maximum absolute atomic E-state index is 11.6. The third kappa shape index (κ3) is 1.80. The molecule has 1 aromatic carbocycles. The second-order valence-electron chi connectivity index (χ2n) is 3.32. The first-order valence-corrected chi connectivity index (χ1v) is 4.92. The molecule has 78 valence electrons. The summed E-state index contributed by atoms with van der Waals surface area (Å²) < 4.78 is 0. The molecule has 0 aliphatic rings. The van der Waals surface area contributed by atoms with Crippen molar-refractivity contribution >= 4 is 28.4 Å². The fraction of sp³-hybridized carbons (Fsp3) is 0.200. The van der Waals surface area contributed by atoms with Crippen LogP contribution in [0.2, 0.25) is 0 Å². The number of halogens is 1. The van der Waals surface area contributed by atoms with Crippen molar-refractivity contribution in [1.82, 2.24) is 9.97 Å². The van der Waals surface area contributed by atoms with E-state index in [2.05, 4.69) is 9.97 Å². The molecule has 1 aromatic heterocycles. The summed E-state index contributed by atoms with van der Waals surface area (Å²) in [6.07, 6.45) is 0. The number of hydrogen-bond acceptors (Lipinski definition) is 2. The highest BCUT2D eigenvalue weighted by Crippen LogP contribution is 2.13. The van der Waals surface area contributed by atoms with E-state index in [1.165, 1.54) is 0 Å². The average molecular weight is 225 g/mol. The summed E-state index contributed by atoms with van der Waals surface area (Å²) in [5, 5.41) is -0.562. The number of nitrogens with one attached hydrogen (secondary N) is 2. The lowest BCUT2D eigenvalue weighted by Crippen LogP contribution is -2.10. The van der Waals surface area contributed by atoms with Crippen LogP contribution >= 0.6 is 11.6 Å². The topological polar surface area (TPSA) is 65.7 Å². The molecular formula is C10H9ClN2O2. The maximum Gasteiger partial charge on any atom is 0.323 e. The standard InChI is InChI=1S/C10H9ClN2O2/c1-5(11)9(14)6-2-3-7-8(4-6)13-10(15)12-7/h2-5H,1H3,(H2,12,13,15)/t5-/m1/s1. The Morgan fingerprint density at radius 1 is 1.33 bits per heavy atom. The minimum atomic E-state index is -0.562. The first-order chi connectivity index (χ1) is 7.08. The number of carbonyl (C=O) groups is 1. The summed E-state index contributed by atoms with van der Waals surface area (Å²) in [7, 11) is 0. The number of fused-ring (bicyclic) bond motifs is 1. The van der Waals surface area contributed by atoms with Gasteiger partial charge >= 0.3 is 5.69 Å². The number of alkyl halides is 1. The lowest BCUT2D eigenvalue weighted by atomic mass is 10.1. The number of imidazole rings is 1. The minimum Gasteiger partial charge on any atom is -0.306 e. The van der Waals surface area contributed by atoms with Crippen molar-refractivity contribution in [1.29, 1.82) is 0 Å². The van der Waals surface area contributed by atoms with E-state index in [-0.39, 0.29) is 11.5 Å².